The number of aryl methyl sites for hydroxylation is 2. The van der Waals surface area contributed by atoms with Crippen LogP contribution in [0, 0.1) is 0 Å². The molecule has 1 unspecified atom stereocenters. The third-order valence-electron chi connectivity index (χ3n) is 6.27. The van der Waals surface area contributed by atoms with Crippen LogP contribution in [0.4, 0.5) is 0 Å². The van der Waals surface area contributed by atoms with Gasteiger partial charge in [0.15, 0.2) is 0 Å². The van der Waals surface area contributed by atoms with Crippen molar-refractivity contribution in [3.05, 3.63) is 35.4 Å². The lowest BCUT2D eigenvalue weighted by Gasteiger charge is -2.32. The van der Waals surface area contributed by atoms with Crippen LogP contribution < -0.4 is 0 Å². The Labute approximate surface area is 169 Å². The van der Waals surface area contributed by atoms with Crippen molar-refractivity contribution < 1.29 is 4.79 Å². The number of nitrogens with zero attached hydrogens (tertiary/aromatic N) is 7. The van der Waals surface area contributed by atoms with Crippen LogP contribution in [0.3, 0.4) is 0 Å². The standard InChI is InChI=1S/C21H27N7O/c1-2-28-18-10-9-15(13-17(18)22-25-28)21(29)26-11-6-7-16(14-26)20-24-23-19-8-4-3-5-12-27(19)20/h9-10,13,16H,2-8,11-12,14H2,1H3. The van der Waals surface area contributed by atoms with Gasteiger partial charge in [0.05, 0.1) is 5.52 Å². The summed E-state index contributed by atoms with van der Waals surface area (Å²) in [5.41, 5.74) is 2.42. The maximum Gasteiger partial charge on any atom is 0.253 e. The number of rotatable bonds is 3. The lowest BCUT2D eigenvalue weighted by molar-refractivity contribution is 0.0703. The fourth-order valence-electron chi connectivity index (χ4n) is 4.70. The molecule has 2 aliphatic heterocycles. The number of carbonyl (C=O) groups is 1. The second-order valence-electron chi connectivity index (χ2n) is 8.14. The molecule has 1 fully saturated rings. The van der Waals surface area contributed by atoms with Crippen LogP contribution in [0.5, 0.6) is 0 Å². The monoisotopic (exact) mass is 393 g/mol. The maximum absolute atomic E-state index is 13.2. The van der Waals surface area contributed by atoms with Gasteiger partial charge < -0.3 is 9.47 Å². The molecule has 0 radical (unpaired) electrons. The minimum Gasteiger partial charge on any atom is -0.338 e. The molecule has 1 atom stereocenters. The fraction of sp³-hybridized carbons (Fsp3) is 0.571. The SMILES string of the molecule is CCn1nnc2cc(C(=O)N3CCCC(c4nnc5n4CCCCC5)C3)ccc21. The first-order chi connectivity index (χ1) is 14.2. The lowest BCUT2D eigenvalue weighted by Crippen LogP contribution is -2.39. The molecule has 8 heteroatoms. The second-order valence-corrected chi connectivity index (χ2v) is 8.14. The van der Waals surface area contributed by atoms with Crippen molar-refractivity contribution >= 4 is 16.9 Å². The van der Waals surface area contributed by atoms with Crippen LogP contribution in [0.25, 0.3) is 11.0 Å². The molecule has 0 bridgehead atoms. The Kier molecular flexibility index (Phi) is 4.77. The van der Waals surface area contributed by atoms with Gasteiger partial charge in [0, 0.05) is 44.1 Å². The molecule has 5 rings (SSSR count). The predicted octanol–water partition coefficient (Wildman–Crippen LogP) is 2.79. The zero-order valence-electron chi connectivity index (χ0n) is 16.9. The Morgan fingerprint density at radius 1 is 1.10 bits per heavy atom. The predicted molar refractivity (Wildman–Crippen MR) is 109 cm³/mol. The summed E-state index contributed by atoms with van der Waals surface area (Å²) in [5.74, 6) is 2.51. The summed E-state index contributed by atoms with van der Waals surface area (Å²) in [6.07, 6.45) is 6.70. The molecule has 152 valence electrons. The average molecular weight is 393 g/mol. The number of aromatic nitrogens is 6. The van der Waals surface area contributed by atoms with Crippen molar-refractivity contribution in [3.63, 3.8) is 0 Å². The first-order valence-electron chi connectivity index (χ1n) is 10.8. The van der Waals surface area contributed by atoms with Crippen LogP contribution >= 0.6 is 0 Å². The quantitative estimate of drug-likeness (QED) is 0.683. The lowest BCUT2D eigenvalue weighted by atomic mass is 9.96. The van der Waals surface area contributed by atoms with Gasteiger partial charge in [-0.1, -0.05) is 11.6 Å². The van der Waals surface area contributed by atoms with Gasteiger partial charge in [-0.3, -0.25) is 4.79 Å². The van der Waals surface area contributed by atoms with Crippen molar-refractivity contribution in [2.75, 3.05) is 13.1 Å². The van der Waals surface area contributed by atoms with E-state index in [9.17, 15) is 4.79 Å². The number of carbonyl (C=O) groups excluding carboxylic acids is 1. The third kappa shape index (κ3) is 3.30. The molecule has 0 N–H and O–H groups in total. The highest BCUT2D eigenvalue weighted by Crippen LogP contribution is 2.29. The molecule has 1 aromatic carbocycles. The zero-order chi connectivity index (χ0) is 19.8. The largest absolute Gasteiger partial charge is 0.338 e. The third-order valence-corrected chi connectivity index (χ3v) is 6.27. The average Bonchev–Trinajstić information content (AvgIpc) is 3.29. The van der Waals surface area contributed by atoms with E-state index < -0.39 is 0 Å². The highest BCUT2D eigenvalue weighted by molar-refractivity contribution is 5.97. The van der Waals surface area contributed by atoms with Crippen LogP contribution in [0.15, 0.2) is 18.2 Å². The van der Waals surface area contributed by atoms with E-state index in [1.54, 1.807) is 0 Å². The summed E-state index contributed by atoms with van der Waals surface area (Å²) in [6, 6.07) is 5.71. The van der Waals surface area contributed by atoms with Crippen LogP contribution in [-0.4, -0.2) is 53.7 Å². The van der Waals surface area contributed by atoms with Gasteiger partial charge >= 0.3 is 0 Å². The number of piperidine rings is 1. The van der Waals surface area contributed by atoms with E-state index >= 15 is 0 Å². The minimum absolute atomic E-state index is 0.0678. The van der Waals surface area contributed by atoms with Gasteiger partial charge in [-0.25, -0.2) is 4.68 Å². The summed E-state index contributed by atoms with van der Waals surface area (Å²) in [7, 11) is 0. The van der Waals surface area contributed by atoms with E-state index in [-0.39, 0.29) is 11.8 Å². The molecule has 2 aliphatic rings. The van der Waals surface area contributed by atoms with Gasteiger partial charge in [-0.15, -0.1) is 15.3 Å². The number of hydrogen-bond donors (Lipinski definition) is 0. The first-order valence-corrected chi connectivity index (χ1v) is 10.8. The summed E-state index contributed by atoms with van der Waals surface area (Å²) in [4.78, 5) is 15.2. The normalized spacial score (nSPS) is 19.9. The minimum atomic E-state index is 0.0678. The number of hydrogen-bond acceptors (Lipinski definition) is 5. The van der Waals surface area contributed by atoms with E-state index in [1.165, 1.54) is 19.3 Å². The smallest absolute Gasteiger partial charge is 0.253 e. The Balaban J connectivity index is 1.37. The Morgan fingerprint density at radius 3 is 2.93 bits per heavy atom. The molecule has 2 aromatic heterocycles. The molecule has 1 amide bonds. The molecule has 0 saturated carbocycles. The maximum atomic E-state index is 13.2. The van der Waals surface area contributed by atoms with E-state index in [0.717, 1.165) is 61.6 Å². The van der Waals surface area contributed by atoms with E-state index in [2.05, 4.69) is 25.1 Å². The molecule has 29 heavy (non-hydrogen) atoms. The molecule has 0 aliphatic carbocycles. The first kappa shape index (κ1) is 18.3. The second kappa shape index (κ2) is 7.57. The summed E-state index contributed by atoms with van der Waals surface area (Å²) < 4.78 is 4.16. The summed E-state index contributed by atoms with van der Waals surface area (Å²) in [6.45, 7) is 5.30. The topological polar surface area (TPSA) is 81.7 Å². The van der Waals surface area contributed by atoms with Crippen molar-refractivity contribution in [2.24, 2.45) is 0 Å². The van der Waals surface area contributed by atoms with E-state index in [0.29, 0.717) is 12.1 Å². The number of benzene rings is 1. The summed E-state index contributed by atoms with van der Waals surface area (Å²) in [5, 5.41) is 17.3. The zero-order valence-corrected chi connectivity index (χ0v) is 16.9. The Hall–Kier alpha value is -2.77. The highest BCUT2D eigenvalue weighted by atomic mass is 16.2. The van der Waals surface area contributed by atoms with Gasteiger partial charge in [0.2, 0.25) is 0 Å². The number of likely N-dealkylation sites (tertiary alicyclic amines) is 1. The van der Waals surface area contributed by atoms with Gasteiger partial charge in [0.1, 0.15) is 17.2 Å². The van der Waals surface area contributed by atoms with E-state index in [4.69, 9.17) is 0 Å². The fourth-order valence-corrected chi connectivity index (χ4v) is 4.70. The van der Waals surface area contributed by atoms with Gasteiger partial charge in [-0.2, -0.15) is 0 Å². The highest BCUT2D eigenvalue weighted by Gasteiger charge is 2.30. The molecular formula is C21H27N7O. The van der Waals surface area contributed by atoms with Gasteiger partial charge in [-0.05, 0) is 50.8 Å². The Morgan fingerprint density at radius 2 is 2.03 bits per heavy atom. The van der Waals surface area contributed by atoms with Gasteiger partial charge in [0.25, 0.3) is 5.91 Å². The van der Waals surface area contributed by atoms with Crippen LogP contribution in [-0.2, 0) is 19.5 Å². The van der Waals surface area contributed by atoms with Crippen molar-refractivity contribution in [1.82, 2.24) is 34.7 Å². The number of amides is 1. The van der Waals surface area contributed by atoms with Crippen molar-refractivity contribution in [2.45, 2.75) is 64.5 Å². The van der Waals surface area contributed by atoms with Crippen LogP contribution in [0.1, 0.15) is 67.0 Å². The van der Waals surface area contributed by atoms with Crippen LogP contribution in [0.2, 0.25) is 0 Å². The molecule has 3 aromatic rings. The molecule has 4 heterocycles. The molecule has 1 saturated heterocycles. The number of fused-ring (bicyclic) bond motifs is 2. The molecule has 0 spiro atoms. The summed E-state index contributed by atoms with van der Waals surface area (Å²) >= 11 is 0. The van der Waals surface area contributed by atoms with E-state index in [1.807, 2.05) is 34.7 Å². The molecule has 8 nitrogen and oxygen atoms in total. The molecular weight excluding hydrogens is 366 g/mol. The van der Waals surface area contributed by atoms with Crippen molar-refractivity contribution in [3.8, 4) is 0 Å². The van der Waals surface area contributed by atoms with Crippen molar-refractivity contribution in [1.29, 1.82) is 0 Å². The Bertz CT molecular complexity index is 1040.